The number of nitrogens with one attached hydrogen (secondary N) is 1. The normalized spacial score (nSPS) is 13.6. The van der Waals surface area contributed by atoms with E-state index in [1.54, 1.807) is 12.1 Å². The fourth-order valence-corrected chi connectivity index (χ4v) is 5.69. The second kappa shape index (κ2) is 9.06. The maximum atomic E-state index is 13.9. The van der Waals surface area contributed by atoms with Gasteiger partial charge in [0.15, 0.2) is 11.3 Å². The summed E-state index contributed by atoms with van der Waals surface area (Å²) < 4.78 is 42.5. The predicted octanol–water partition coefficient (Wildman–Crippen LogP) is 6.60. The zero-order valence-electron chi connectivity index (χ0n) is 19.6. The lowest BCUT2D eigenvalue weighted by atomic mass is 9.96. The van der Waals surface area contributed by atoms with Crippen LogP contribution in [-0.2, 0) is 19.0 Å². The summed E-state index contributed by atoms with van der Waals surface area (Å²) in [6.45, 7) is 4.06. The fraction of sp³-hybridized carbons (Fsp3) is 0.308. The molecule has 3 heterocycles. The number of fused-ring (bicyclic) bond motifs is 2. The van der Waals surface area contributed by atoms with Gasteiger partial charge in [0.2, 0.25) is 0 Å². The second-order valence-electron chi connectivity index (χ2n) is 9.08. The van der Waals surface area contributed by atoms with Gasteiger partial charge in [-0.05, 0) is 48.8 Å². The van der Waals surface area contributed by atoms with E-state index in [1.807, 2.05) is 26.0 Å². The number of alkyl halides is 3. The van der Waals surface area contributed by atoms with E-state index in [-0.39, 0.29) is 22.8 Å². The molecular weight excluding hydrogens is 487 g/mol. The van der Waals surface area contributed by atoms with Crippen LogP contribution in [0.5, 0.6) is 0 Å². The molecule has 3 aromatic heterocycles. The van der Waals surface area contributed by atoms with Gasteiger partial charge in [0, 0.05) is 10.4 Å². The molecular formula is C26H22F3N5OS. The van der Waals surface area contributed by atoms with Crippen LogP contribution in [0.3, 0.4) is 0 Å². The molecule has 4 aromatic rings. The summed E-state index contributed by atoms with van der Waals surface area (Å²) in [5.74, 6) is -0.389. The summed E-state index contributed by atoms with van der Waals surface area (Å²) in [5, 5.41) is 16.7. The molecule has 0 aliphatic heterocycles. The monoisotopic (exact) mass is 509 g/mol. The lowest BCUT2D eigenvalue weighted by Crippen LogP contribution is -2.16. The molecule has 1 N–H and O–H groups in total. The first-order valence-corrected chi connectivity index (χ1v) is 12.4. The summed E-state index contributed by atoms with van der Waals surface area (Å²) in [7, 11) is 0. The number of halogens is 3. The largest absolute Gasteiger partial charge is 0.433 e. The number of carbonyl (C=O) groups excluding carboxylic acids is 1. The van der Waals surface area contributed by atoms with Crippen molar-refractivity contribution in [3.05, 3.63) is 69.4 Å². The maximum Gasteiger partial charge on any atom is 0.433 e. The van der Waals surface area contributed by atoms with Gasteiger partial charge < -0.3 is 5.32 Å². The summed E-state index contributed by atoms with van der Waals surface area (Å²) in [4.78, 5) is 18.7. The fourth-order valence-electron chi connectivity index (χ4n) is 4.45. The van der Waals surface area contributed by atoms with Crippen LogP contribution in [-0.4, -0.2) is 20.5 Å². The number of hydrogen-bond donors (Lipinski definition) is 1. The van der Waals surface area contributed by atoms with E-state index in [9.17, 15) is 23.2 Å². The SMILES string of the molecule is CC(C)c1ccc(-c2cc(C(F)(F)F)n3ncc(C(=O)Nc4sc5c(c4C#N)CCCC5)c3n2)cc1. The number of benzene rings is 1. The average Bonchev–Trinajstić information content (AvgIpc) is 3.43. The first-order valence-electron chi connectivity index (χ1n) is 11.6. The van der Waals surface area contributed by atoms with Gasteiger partial charge in [-0.15, -0.1) is 11.3 Å². The van der Waals surface area contributed by atoms with Gasteiger partial charge in [-0.3, -0.25) is 4.79 Å². The first-order chi connectivity index (χ1) is 17.2. The Morgan fingerprint density at radius 1 is 1.19 bits per heavy atom. The van der Waals surface area contributed by atoms with Crippen molar-refractivity contribution in [1.82, 2.24) is 14.6 Å². The smallest absolute Gasteiger partial charge is 0.312 e. The number of nitrogens with zero attached hydrogens (tertiary/aromatic N) is 4. The third-order valence-electron chi connectivity index (χ3n) is 6.39. The van der Waals surface area contributed by atoms with Crippen molar-refractivity contribution in [2.45, 2.75) is 51.6 Å². The Balaban J connectivity index is 1.58. The van der Waals surface area contributed by atoms with Crippen LogP contribution in [0.15, 0.2) is 36.5 Å². The van der Waals surface area contributed by atoms with Gasteiger partial charge in [-0.25, -0.2) is 9.50 Å². The zero-order chi connectivity index (χ0) is 25.6. The number of carbonyl (C=O) groups is 1. The van der Waals surface area contributed by atoms with Crippen LogP contribution in [0.25, 0.3) is 16.9 Å². The van der Waals surface area contributed by atoms with E-state index in [1.165, 1.54) is 11.3 Å². The number of anilines is 1. The highest BCUT2D eigenvalue weighted by atomic mass is 32.1. The lowest BCUT2D eigenvalue weighted by Gasteiger charge is -2.12. The Hall–Kier alpha value is -3.71. The molecule has 5 rings (SSSR count). The van der Waals surface area contributed by atoms with E-state index < -0.39 is 17.8 Å². The van der Waals surface area contributed by atoms with Crippen molar-refractivity contribution in [2.24, 2.45) is 0 Å². The maximum absolute atomic E-state index is 13.9. The highest BCUT2D eigenvalue weighted by Gasteiger charge is 2.36. The molecule has 1 aromatic carbocycles. The Labute approximate surface area is 209 Å². The summed E-state index contributed by atoms with van der Waals surface area (Å²) in [6.07, 6.45) is -0.0181. The zero-order valence-corrected chi connectivity index (χ0v) is 20.4. The average molecular weight is 510 g/mol. The van der Waals surface area contributed by atoms with Gasteiger partial charge in [-0.2, -0.15) is 23.5 Å². The molecule has 1 amide bonds. The minimum atomic E-state index is -4.71. The molecule has 0 fully saturated rings. The molecule has 36 heavy (non-hydrogen) atoms. The van der Waals surface area contributed by atoms with Crippen molar-refractivity contribution in [1.29, 1.82) is 5.26 Å². The number of aryl methyl sites for hydroxylation is 1. The number of rotatable bonds is 4. The summed E-state index contributed by atoms with van der Waals surface area (Å²) >= 11 is 1.35. The second-order valence-corrected chi connectivity index (χ2v) is 10.2. The van der Waals surface area contributed by atoms with Crippen LogP contribution < -0.4 is 5.32 Å². The van der Waals surface area contributed by atoms with E-state index >= 15 is 0 Å². The van der Waals surface area contributed by atoms with Crippen LogP contribution in [0.4, 0.5) is 18.2 Å². The van der Waals surface area contributed by atoms with Gasteiger partial charge in [-0.1, -0.05) is 38.1 Å². The number of amides is 1. The number of aromatic nitrogens is 3. The molecule has 0 bridgehead atoms. The van der Waals surface area contributed by atoms with E-state index in [0.29, 0.717) is 20.6 Å². The van der Waals surface area contributed by atoms with Crippen LogP contribution >= 0.6 is 11.3 Å². The van der Waals surface area contributed by atoms with Gasteiger partial charge >= 0.3 is 6.18 Å². The number of thiophene rings is 1. The molecule has 0 radical (unpaired) electrons. The third-order valence-corrected chi connectivity index (χ3v) is 7.60. The van der Waals surface area contributed by atoms with E-state index in [2.05, 4.69) is 21.5 Å². The van der Waals surface area contributed by atoms with Crippen molar-refractivity contribution in [3.63, 3.8) is 0 Å². The van der Waals surface area contributed by atoms with Gasteiger partial charge in [0.05, 0.1) is 17.5 Å². The minimum absolute atomic E-state index is 0.0870. The first kappa shape index (κ1) is 24.0. The molecule has 0 saturated heterocycles. The standard InChI is InChI=1S/C26H22F3N5OS/c1-14(2)15-7-9-16(10-8-15)20-11-22(26(27,28)29)34-23(32-20)19(13-31-34)24(35)33-25-18(12-30)17-5-3-4-6-21(17)36-25/h7-11,13-14H,3-6H2,1-2H3,(H,33,35). The molecule has 0 saturated carbocycles. The van der Waals surface area contributed by atoms with Crippen LogP contribution in [0.1, 0.15) is 70.2 Å². The topological polar surface area (TPSA) is 83.1 Å². The lowest BCUT2D eigenvalue weighted by molar-refractivity contribution is -0.142. The predicted molar refractivity (Wildman–Crippen MR) is 131 cm³/mol. The van der Waals surface area contributed by atoms with Crippen molar-refractivity contribution < 1.29 is 18.0 Å². The Bertz CT molecular complexity index is 1510. The van der Waals surface area contributed by atoms with Gasteiger partial charge in [0.1, 0.15) is 16.6 Å². The van der Waals surface area contributed by atoms with E-state index in [4.69, 9.17) is 0 Å². The highest BCUT2D eigenvalue weighted by Crippen LogP contribution is 2.38. The molecule has 184 valence electrons. The number of hydrogen-bond acceptors (Lipinski definition) is 5. The van der Waals surface area contributed by atoms with Crippen molar-refractivity contribution in [3.8, 4) is 17.3 Å². The highest BCUT2D eigenvalue weighted by molar-refractivity contribution is 7.16. The van der Waals surface area contributed by atoms with Crippen molar-refractivity contribution >= 4 is 27.9 Å². The minimum Gasteiger partial charge on any atom is -0.312 e. The van der Waals surface area contributed by atoms with Crippen LogP contribution in [0.2, 0.25) is 0 Å². The van der Waals surface area contributed by atoms with E-state index in [0.717, 1.165) is 54.0 Å². The Morgan fingerprint density at radius 2 is 1.92 bits per heavy atom. The Kier molecular flexibility index (Phi) is 6.04. The summed E-state index contributed by atoms with van der Waals surface area (Å²) in [5.41, 5.74) is 1.68. The quantitative estimate of drug-likeness (QED) is 0.336. The van der Waals surface area contributed by atoms with Gasteiger partial charge in [0.25, 0.3) is 5.91 Å². The molecule has 0 unspecified atom stereocenters. The molecule has 1 aliphatic carbocycles. The molecule has 0 atom stereocenters. The van der Waals surface area contributed by atoms with Crippen molar-refractivity contribution in [2.75, 3.05) is 5.32 Å². The molecule has 1 aliphatic rings. The summed E-state index contributed by atoms with van der Waals surface area (Å²) in [6, 6.07) is 10.3. The third kappa shape index (κ3) is 4.24. The number of nitriles is 1. The van der Waals surface area contributed by atoms with Crippen LogP contribution in [0, 0.1) is 11.3 Å². The Morgan fingerprint density at radius 3 is 2.58 bits per heavy atom. The molecule has 6 nitrogen and oxygen atoms in total. The molecule has 10 heteroatoms. The molecule has 0 spiro atoms.